The van der Waals surface area contributed by atoms with Crippen molar-refractivity contribution in [2.75, 3.05) is 12.5 Å². The summed E-state index contributed by atoms with van der Waals surface area (Å²) in [5.74, 6) is -0.590. The molecule has 0 aliphatic rings. The second-order valence-corrected chi connectivity index (χ2v) is 18.5. The Hall–Kier alpha value is -2.71. The Morgan fingerprint density at radius 3 is 1.19 bits per heavy atom. The average molecular weight is 469 g/mol. The van der Waals surface area contributed by atoms with Crippen molar-refractivity contribution in [3.05, 3.63) is 85.0 Å². The fourth-order valence-electron chi connectivity index (χ4n) is 2.68. The van der Waals surface area contributed by atoms with Crippen LogP contribution in [0.4, 0.5) is 0 Å². The number of hydrogen-bond acceptors (Lipinski definition) is 4. The van der Waals surface area contributed by atoms with Gasteiger partial charge < -0.3 is 9.47 Å². The van der Waals surface area contributed by atoms with Crippen molar-refractivity contribution < 1.29 is 19.1 Å². The van der Waals surface area contributed by atoms with Crippen molar-refractivity contribution in [3.63, 3.8) is 0 Å². The van der Waals surface area contributed by atoms with Crippen molar-refractivity contribution in [1.29, 1.82) is 0 Å². The van der Waals surface area contributed by atoms with Crippen LogP contribution in [0.15, 0.2) is 85.0 Å². The van der Waals surface area contributed by atoms with Crippen LogP contribution in [0, 0.1) is 0 Å². The van der Waals surface area contributed by atoms with Crippen LogP contribution < -0.4 is 10.4 Å². The average Bonchev–Trinajstić information content (AvgIpc) is 2.77. The highest BCUT2D eigenvalue weighted by atomic mass is 28.3. The molecule has 0 atom stereocenters. The van der Waals surface area contributed by atoms with E-state index in [-0.39, 0.29) is 11.9 Å². The van der Waals surface area contributed by atoms with Gasteiger partial charge in [-0.1, -0.05) is 110 Å². The second kappa shape index (κ2) is 12.4. The molecule has 2 rings (SSSR count). The zero-order chi connectivity index (χ0) is 24.4. The number of hydrogen-bond donors (Lipinski definition) is 0. The molecule has 0 aromatic heterocycles. The molecular weight excluding hydrogens is 432 g/mol. The first-order valence-electron chi connectivity index (χ1n) is 10.6. The van der Waals surface area contributed by atoms with Crippen LogP contribution in [-0.4, -0.2) is 40.5 Å². The number of esters is 2. The molecule has 32 heavy (non-hydrogen) atoms. The summed E-state index contributed by atoms with van der Waals surface area (Å²) in [5, 5.41) is 2.59. The van der Waals surface area contributed by atoms with E-state index in [1.165, 1.54) is 10.4 Å². The summed E-state index contributed by atoms with van der Waals surface area (Å²) in [6, 6.07) is 20.5. The molecule has 0 saturated heterocycles. The smallest absolute Gasteiger partial charge is 0.332 e. The first-order chi connectivity index (χ1) is 14.9. The van der Waals surface area contributed by atoms with E-state index in [4.69, 9.17) is 9.47 Å². The standard InChI is InChI=1S/2C13H18O2Si/c2*1-11(2)13(14)15-10-16(3,4)12-8-6-5-7-9-12/h2*5-9H,1,10H2,2-4H3. The molecule has 2 aromatic carbocycles. The minimum Gasteiger partial charge on any atom is -0.466 e. The second-order valence-electron chi connectivity index (χ2n) is 9.21. The highest BCUT2D eigenvalue weighted by Gasteiger charge is 2.26. The Bertz CT molecular complexity index is 842. The maximum Gasteiger partial charge on any atom is 0.332 e. The molecule has 0 heterocycles. The predicted octanol–water partition coefficient (Wildman–Crippen LogP) is 4.52. The van der Waals surface area contributed by atoms with Gasteiger partial charge in [-0.05, 0) is 13.8 Å². The van der Waals surface area contributed by atoms with Gasteiger partial charge in [-0.2, -0.15) is 0 Å². The van der Waals surface area contributed by atoms with Gasteiger partial charge in [-0.15, -0.1) is 0 Å². The Kier molecular flexibility index (Phi) is 10.6. The molecule has 0 spiro atoms. The van der Waals surface area contributed by atoms with E-state index in [2.05, 4.69) is 63.6 Å². The quantitative estimate of drug-likeness (QED) is 0.325. The number of ether oxygens (including phenoxy) is 2. The normalized spacial score (nSPS) is 10.9. The third-order valence-electron chi connectivity index (χ3n) is 4.94. The van der Waals surface area contributed by atoms with Crippen molar-refractivity contribution in [2.24, 2.45) is 0 Å². The van der Waals surface area contributed by atoms with Gasteiger partial charge >= 0.3 is 11.9 Å². The summed E-state index contributed by atoms with van der Waals surface area (Å²) >= 11 is 0. The van der Waals surface area contributed by atoms with E-state index in [1.807, 2.05) is 36.4 Å². The van der Waals surface area contributed by atoms with E-state index in [1.54, 1.807) is 13.8 Å². The molecule has 0 amide bonds. The Labute approximate surface area is 195 Å². The molecule has 0 unspecified atom stereocenters. The monoisotopic (exact) mass is 468 g/mol. The summed E-state index contributed by atoms with van der Waals surface area (Å²) < 4.78 is 10.5. The number of rotatable bonds is 8. The van der Waals surface area contributed by atoms with Gasteiger partial charge in [0.15, 0.2) is 0 Å². The van der Waals surface area contributed by atoms with Crippen molar-refractivity contribution in [1.82, 2.24) is 0 Å². The van der Waals surface area contributed by atoms with Gasteiger partial charge in [0, 0.05) is 11.1 Å². The predicted molar refractivity (Wildman–Crippen MR) is 139 cm³/mol. The number of carbonyl (C=O) groups excluding carboxylic acids is 2. The largest absolute Gasteiger partial charge is 0.466 e. The van der Waals surface area contributed by atoms with E-state index >= 15 is 0 Å². The van der Waals surface area contributed by atoms with Crippen LogP contribution in [0.1, 0.15) is 13.8 Å². The highest BCUT2D eigenvalue weighted by molar-refractivity contribution is 6.90. The molecule has 4 nitrogen and oxygen atoms in total. The van der Waals surface area contributed by atoms with Gasteiger partial charge in [0.2, 0.25) is 0 Å². The molecule has 0 N–H and O–H groups in total. The third kappa shape index (κ3) is 9.20. The van der Waals surface area contributed by atoms with Gasteiger partial charge in [-0.3, -0.25) is 0 Å². The summed E-state index contributed by atoms with van der Waals surface area (Å²) in [7, 11) is -3.34. The molecule has 0 bridgehead atoms. The molecule has 172 valence electrons. The van der Waals surface area contributed by atoms with Crippen LogP contribution in [0.2, 0.25) is 26.2 Å². The summed E-state index contributed by atoms with van der Waals surface area (Å²) in [6.45, 7) is 19.2. The van der Waals surface area contributed by atoms with Crippen LogP contribution in [0.5, 0.6) is 0 Å². The summed E-state index contributed by atoms with van der Waals surface area (Å²) in [4.78, 5) is 22.6. The van der Waals surface area contributed by atoms with E-state index in [0.717, 1.165) is 0 Å². The molecule has 0 saturated carbocycles. The van der Waals surface area contributed by atoms with Gasteiger partial charge in [-0.25, -0.2) is 9.59 Å². The van der Waals surface area contributed by atoms with E-state index in [9.17, 15) is 9.59 Å². The molecule has 6 heteroatoms. The van der Waals surface area contributed by atoms with E-state index in [0.29, 0.717) is 23.6 Å². The number of carbonyl (C=O) groups is 2. The van der Waals surface area contributed by atoms with Crippen LogP contribution in [0.25, 0.3) is 0 Å². The minimum atomic E-state index is -1.67. The first-order valence-corrected chi connectivity index (χ1v) is 17.0. The van der Waals surface area contributed by atoms with Gasteiger partial charge in [0.25, 0.3) is 0 Å². The zero-order valence-electron chi connectivity index (χ0n) is 20.2. The maximum atomic E-state index is 11.3. The van der Waals surface area contributed by atoms with Crippen molar-refractivity contribution in [3.8, 4) is 0 Å². The van der Waals surface area contributed by atoms with Gasteiger partial charge in [0.05, 0.1) is 12.5 Å². The molecule has 0 radical (unpaired) electrons. The molecular formula is C26H36O4Si2. The molecule has 2 aromatic rings. The van der Waals surface area contributed by atoms with Crippen LogP contribution >= 0.6 is 0 Å². The Morgan fingerprint density at radius 1 is 0.656 bits per heavy atom. The lowest BCUT2D eigenvalue weighted by Crippen LogP contribution is -2.46. The number of benzene rings is 2. The Morgan fingerprint density at radius 2 is 0.938 bits per heavy atom. The fraction of sp³-hybridized carbons (Fsp3) is 0.308. The van der Waals surface area contributed by atoms with Crippen molar-refractivity contribution in [2.45, 2.75) is 40.0 Å². The summed E-state index contributed by atoms with van der Waals surface area (Å²) in [6.07, 6.45) is 1.01. The summed E-state index contributed by atoms with van der Waals surface area (Å²) in [5.41, 5.74) is 0.913. The lowest BCUT2D eigenvalue weighted by molar-refractivity contribution is -0.138. The van der Waals surface area contributed by atoms with Crippen LogP contribution in [-0.2, 0) is 19.1 Å². The van der Waals surface area contributed by atoms with E-state index < -0.39 is 16.1 Å². The first kappa shape index (κ1) is 27.3. The maximum absolute atomic E-state index is 11.3. The molecule has 0 aliphatic carbocycles. The fourth-order valence-corrected chi connectivity index (χ4v) is 6.19. The lowest BCUT2D eigenvalue weighted by atomic mass is 10.4. The topological polar surface area (TPSA) is 52.6 Å². The van der Waals surface area contributed by atoms with Gasteiger partial charge in [0.1, 0.15) is 16.1 Å². The highest BCUT2D eigenvalue weighted by Crippen LogP contribution is 2.06. The SMILES string of the molecule is C=C(C)C(=O)OC[Si](C)(C)c1ccccc1.C=C(C)C(=O)OC[Si](C)(C)c1ccccc1. The van der Waals surface area contributed by atoms with Crippen LogP contribution in [0.3, 0.4) is 0 Å². The third-order valence-corrected chi connectivity index (χ3v) is 10.5. The lowest BCUT2D eigenvalue weighted by Gasteiger charge is -2.22. The molecule has 0 aliphatic heterocycles. The Balaban J connectivity index is 0.000000320. The minimum absolute atomic E-state index is 0.295. The van der Waals surface area contributed by atoms with Crippen molar-refractivity contribution >= 4 is 38.5 Å². The molecule has 0 fully saturated rings. The zero-order valence-corrected chi connectivity index (χ0v) is 22.2.